The van der Waals surface area contributed by atoms with Gasteiger partial charge < -0.3 is 19.8 Å². The lowest BCUT2D eigenvalue weighted by atomic mass is 10.0. The van der Waals surface area contributed by atoms with Gasteiger partial charge in [0.2, 0.25) is 0 Å². The fourth-order valence-corrected chi connectivity index (χ4v) is 1.73. The van der Waals surface area contributed by atoms with Crippen molar-refractivity contribution in [3.8, 4) is 5.75 Å². The fourth-order valence-electron chi connectivity index (χ4n) is 1.73. The van der Waals surface area contributed by atoms with E-state index in [4.69, 9.17) is 9.84 Å². The molecule has 1 aromatic carbocycles. The van der Waals surface area contributed by atoms with E-state index in [9.17, 15) is 14.7 Å². The molecule has 0 saturated carbocycles. The molecule has 1 unspecified atom stereocenters. The molecule has 0 spiro atoms. The summed E-state index contributed by atoms with van der Waals surface area (Å²) in [5.74, 6) is -1.33. The number of nitrogens with zero attached hydrogens (tertiary/aromatic N) is 1. The highest BCUT2D eigenvalue weighted by molar-refractivity contribution is 5.97. The molecule has 1 aliphatic heterocycles. The number of amides is 1. The Morgan fingerprint density at radius 2 is 2.00 bits per heavy atom. The van der Waals surface area contributed by atoms with Gasteiger partial charge in [-0.2, -0.15) is 0 Å². The van der Waals surface area contributed by atoms with Crippen LogP contribution in [0.15, 0.2) is 24.3 Å². The zero-order valence-electron chi connectivity index (χ0n) is 9.79. The van der Waals surface area contributed by atoms with Crippen LogP contribution in [0.4, 0.5) is 5.69 Å². The number of aromatic hydroxyl groups is 1. The lowest BCUT2D eigenvalue weighted by Crippen LogP contribution is -2.57. The van der Waals surface area contributed by atoms with Crippen LogP contribution in [0.1, 0.15) is 6.92 Å². The number of carbonyl (C=O) groups excluding carboxylic acids is 1. The average molecular weight is 251 g/mol. The summed E-state index contributed by atoms with van der Waals surface area (Å²) in [4.78, 5) is 24.2. The van der Waals surface area contributed by atoms with Gasteiger partial charge in [-0.25, -0.2) is 4.79 Å². The van der Waals surface area contributed by atoms with Crippen LogP contribution in [0.3, 0.4) is 0 Å². The summed E-state index contributed by atoms with van der Waals surface area (Å²) >= 11 is 0. The Labute approximate surface area is 103 Å². The summed E-state index contributed by atoms with van der Waals surface area (Å²) in [7, 11) is 0. The number of aliphatic carboxylic acids is 1. The number of phenolic OH excluding ortho intramolecular Hbond substituents is 1. The minimum Gasteiger partial charge on any atom is -0.508 e. The Morgan fingerprint density at radius 3 is 2.56 bits per heavy atom. The van der Waals surface area contributed by atoms with Crippen molar-refractivity contribution in [1.29, 1.82) is 0 Å². The second-order valence-corrected chi connectivity index (χ2v) is 4.32. The van der Waals surface area contributed by atoms with E-state index >= 15 is 0 Å². The molecule has 2 rings (SSSR count). The lowest BCUT2D eigenvalue weighted by Gasteiger charge is -2.37. The largest absolute Gasteiger partial charge is 0.508 e. The summed E-state index contributed by atoms with van der Waals surface area (Å²) in [6.07, 6.45) is 0. The number of carbonyl (C=O) groups is 2. The smallest absolute Gasteiger partial charge is 0.337 e. The van der Waals surface area contributed by atoms with Crippen molar-refractivity contribution >= 4 is 17.6 Å². The van der Waals surface area contributed by atoms with Crippen LogP contribution >= 0.6 is 0 Å². The van der Waals surface area contributed by atoms with Crippen molar-refractivity contribution in [2.24, 2.45) is 0 Å². The number of carboxylic acids is 1. The highest BCUT2D eigenvalue weighted by Gasteiger charge is 2.42. The average Bonchev–Trinajstić information content (AvgIpc) is 2.33. The first-order chi connectivity index (χ1) is 8.42. The normalized spacial score (nSPS) is 24.1. The topological polar surface area (TPSA) is 87.1 Å². The molecule has 6 nitrogen and oxygen atoms in total. The van der Waals surface area contributed by atoms with Gasteiger partial charge in [0.05, 0.1) is 6.54 Å². The summed E-state index contributed by atoms with van der Waals surface area (Å²) < 4.78 is 5.07. The minimum atomic E-state index is -1.41. The van der Waals surface area contributed by atoms with E-state index in [0.717, 1.165) is 0 Å². The summed E-state index contributed by atoms with van der Waals surface area (Å²) in [6, 6.07) is 5.99. The number of hydrogen-bond donors (Lipinski definition) is 2. The van der Waals surface area contributed by atoms with E-state index in [2.05, 4.69) is 0 Å². The summed E-state index contributed by atoms with van der Waals surface area (Å²) in [5, 5.41) is 18.3. The van der Waals surface area contributed by atoms with Crippen molar-refractivity contribution in [1.82, 2.24) is 0 Å². The van der Waals surface area contributed by atoms with E-state index < -0.39 is 11.6 Å². The van der Waals surface area contributed by atoms with Crippen LogP contribution < -0.4 is 4.90 Å². The molecule has 6 heteroatoms. The van der Waals surface area contributed by atoms with Gasteiger partial charge in [-0.15, -0.1) is 0 Å². The van der Waals surface area contributed by atoms with Gasteiger partial charge in [-0.3, -0.25) is 4.79 Å². The number of rotatable bonds is 2. The number of benzene rings is 1. The summed E-state index contributed by atoms with van der Waals surface area (Å²) in [6.45, 7) is 1.09. The molecule has 1 saturated heterocycles. The molecule has 1 amide bonds. The quantitative estimate of drug-likeness (QED) is 0.803. The van der Waals surface area contributed by atoms with E-state index in [1.54, 1.807) is 12.1 Å². The Morgan fingerprint density at radius 1 is 1.39 bits per heavy atom. The van der Waals surface area contributed by atoms with Crippen LogP contribution in [0.5, 0.6) is 5.75 Å². The number of phenols is 1. The fraction of sp³-hybridized carbons (Fsp3) is 0.333. The Kier molecular flexibility index (Phi) is 2.96. The van der Waals surface area contributed by atoms with E-state index in [-0.39, 0.29) is 24.8 Å². The molecule has 96 valence electrons. The van der Waals surface area contributed by atoms with Crippen LogP contribution in [0, 0.1) is 0 Å². The third kappa shape index (κ3) is 2.14. The van der Waals surface area contributed by atoms with Crippen LogP contribution in [-0.4, -0.2) is 40.8 Å². The lowest BCUT2D eigenvalue weighted by molar-refractivity contribution is -0.168. The van der Waals surface area contributed by atoms with E-state index in [0.29, 0.717) is 5.69 Å². The van der Waals surface area contributed by atoms with Crippen molar-refractivity contribution in [2.75, 3.05) is 18.1 Å². The van der Waals surface area contributed by atoms with Crippen molar-refractivity contribution < 1.29 is 24.5 Å². The Balaban J connectivity index is 2.28. The molecular formula is C12H13NO5. The molecule has 0 bridgehead atoms. The second-order valence-electron chi connectivity index (χ2n) is 4.32. The molecule has 0 aliphatic carbocycles. The predicted molar refractivity (Wildman–Crippen MR) is 62.5 cm³/mol. The van der Waals surface area contributed by atoms with Crippen molar-refractivity contribution in [2.45, 2.75) is 12.5 Å². The van der Waals surface area contributed by atoms with Gasteiger partial charge in [0.25, 0.3) is 5.91 Å². The second kappa shape index (κ2) is 4.30. The molecule has 1 aromatic rings. The predicted octanol–water partition coefficient (Wildman–Crippen LogP) is 0.599. The molecule has 1 aliphatic rings. The maximum absolute atomic E-state index is 11.7. The molecular weight excluding hydrogens is 238 g/mol. The Bertz CT molecular complexity index is 484. The first kappa shape index (κ1) is 12.4. The molecule has 0 aromatic heterocycles. The zero-order valence-corrected chi connectivity index (χ0v) is 9.79. The number of anilines is 1. The number of carboxylic acid groups (broad SMARTS) is 1. The van der Waals surface area contributed by atoms with Gasteiger partial charge in [-0.05, 0) is 31.2 Å². The monoisotopic (exact) mass is 251 g/mol. The minimum absolute atomic E-state index is 0.0635. The zero-order chi connectivity index (χ0) is 13.3. The molecule has 18 heavy (non-hydrogen) atoms. The first-order valence-corrected chi connectivity index (χ1v) is 5.39. The molecule has 1 fully saturated rings. The van der Waals surface area contributed by atoms with Gasteiger partial charge in [0, 0.05) is 5.69 Å². The van der Waals surface area contributed by atoms with E-state index in [1.165, 1.54) is 24.0 Å². The molecule has 0 radical (unpaired) electrons. The maximum Gasteiger partial charge on any atom is 0.337 e. The molecule has 1 heterocycles. The standard InChI is InChI=1S/C12H13NO5/c1-12(11(16)17)7-13(10(15)6-18-12)8-2-4-9(14)5-3-8/h2-5,14H,6-7H2,1H3,(H,16,17). The third-order valence-corrected chi connectivity index (χ3v) is 2.89. The highest BCUT2D eigenvalue weighted by Crippen LogP contribution is 2.25. The Hall–Kier alpha value is -2.08. The summed E-state index contributed by atoms with van der Waals surface area (Å²) in [5.41, 5.74) is -0.875. The first-order valence-electron chi connectivity index (χ1n) is 5.39. The van der Waals surface area contributed by atoms with Crippen LogP contribution in [0.25, 0.3) is 0 Å². The number of ether oxygens (including phenoxy) is 1. The van der Waals surface area contributed by atoms with Gasteiger partial charge in [0.15, 0.2) is 5.60 Å². The van der Waals surface area contributed by atoms with Crippen LogP contribution in [0.2, 0.25) is 0 Å². The molecule has 1 atom stereocenters. The van der Waals surface area contributed by atoms with E-state index in [1.807, 2.05) is 0 Å². The third-order valence-electron chi connectivity index (χ3n) is 2.89. The molecule has 2 N–H and O–H groups in total. The van der Waals surface area contributed by atoms with Crippen molar-refractivity contribution in [3.05, 3.63) is 24.3 Å². The highest BCUT2D eigenvalue weighted by atomic mass is 16.5. The number of hydrogen-bond acceptors (Lipinski definition) is 4. The maximum atomic E-state index is 11.7. The van der Waals surface area contributed by atoms with Gasteiger partial charge >= 0.3 is 5.97 Å². The SMILES string of the molecule is CC1(C(=O)O)CN(c2ccc(O)cc2)C(=O)CO1. The van der Waals surface area contributed by atoms with Crippen molar-refractivity contribution in [3.63, 3.8) is 0 Å². The number of morpholine rings is 1. The van der Waals surface area contributed by atoms with Gasteiger partial charge in [0.1, 0.15) is 12.4 Å². The van der Waals surface area contributed by atoms with Crippen LogP contribution in [-0.2, 0) is 14.3 Å². The van der Waals surface area contributed by atoms with Gasteiger partial charge in [-0.1, -0.05) is 0 Å².